The molecular weight excluding hydrogens is 552 g/mol. The largest absolute Gasteiger partial charge is 0.487 e. The molecule has 8 nitrogen and oxygen atoms in total. The number of aromatic nitrogens is 5. The first kappa shape index (κ1) is 21.4. The Labute approximate surface area is 205 Å². The van der Waals surface area contributed by atoms with Crippen molar-refractivity contribution in [1.29, 1.82) is 0 Å². The lowest BCUT2D eigenvalue weighted by Crippen LogP contribution is -2.13. The number of hydrogen-bond acceptors (Lipinski definition) is 5. The molecule has 0 spiro atoms. The van der Waals surface area contributed by atoms with Crippen LogP contribution >= 0.6 is 31.9 Å². The lowest BCUT2D eigenvalue weighted by atomic mass is 10.1. The van der Waals surface area contributed by atoms with E-state index in [-0.39, 0.29) is 5.91 Å². The van der Waals surface area contributed by atoms with E-state index in [0.717, 1.165) is 20.9 Å². The Balaban J connectivity index is 1.45. The molecule has 2 heterocycles. The van der Waals surface area contributed by atoms with Crippen LogP contribution in [0, 0.1) is 0 Å². The average Bonchev–Trinajstić information content (AvgIpc) is 3.48. The van der Waals surface area contributed by atoms with Gasteiger partial charge in [0.2, 0.25) is 0 Å². The third-order valence-electron chi connectivity index (χ3n) is 5.03. The molecule has 0 aliphatic carbocycles. The van der Waals surface area contributed by atoms with Crippen molar-refractivity contribution in [3.05, 3.63) is 86.9 Å². The molecule has 0 saturated heterocycles. The van der Waals surface area contributed by atoms with E-state index < -0.39 is 0 Å². The number of benzene rings is 3. The monoisotopic (exact) mass is 566 g/mol. The Morgan fingerprint density at radius 3 is 2.67 bits per heavy atom. The number of H-pyrrole nitrogens is 2. The number of hydrogen-bond donors (Lipinski definition) is 3. The molecule has 3 aromatic carbocycles. The van der Waals surface area contributed by atoms with E-state index in [1.807, 2.05) is 60.7 Å². The fourth-order valence-electron chi connectivity index (χ4n) is 3.45. The third-order valence-corrected chi connectivity index (χ3v) is 6.34. The molecule has 5 aromatic rings. The summed E-state index contributed by atoms with van der Waals surface area (Å²) < 4.78 is 7.52. The van der Waals surface area contributed by atoms with Gasteiger partial charge in [-0.1, -0.05) is 58.4 Å². The van der Waals surface area contributed by atoms with Gasteiger partial charge in [0.15, 0.2) is 5.82 Å². The number of carbonyl (C=O) groups excluding carboxylic acids is 1. The second-order valence-corrected chi connectivity index (χ2v) is 8.87. The van der Waals surface area contributed by atoms with Crippen LogP contribution in [0.2, 0.25) is 0 Å². The number of nitrogens with one attached hydrogen (secondary N) is 3. The van der Waals surface area contributed by atoms with Crippen molar-refractivity contribution in [3.63, 3.8) is 0 Å². The van der Waals surface area contributed by atoms with Crippen LogP contribution in [0.15, 0.2) is 75.7 Å². The summed E-state index contributed by atoms with van der Waals surface area (Å²) in [6.45, 7) is 0.422. The molecule has 0 saturated carbocycles. The Morgan fingerprint density at radius 1 is 1.03 bits per heavy atom. The van der Waals surface area contributed by atoms with Gasteiger partial charge in [-0.05, 0) is 56.2 Å². The lowest BCUT2D eigenvalue weighted by molar-refractivity contribution is 0.102. The van der Waals surface area contributed by atoms with E-state index in [0.29, 0.717) is 39.6 Å². The van der Waals surface area contributed by atoms with Gasteiger partial charge in [-0.2, -0.15) is 0 Å². The second kappa shape index (κ2) is 9.16. The number of nitrogens with zero attached hydrogens (tertiary/aromatic N) is 3. The van der Waals surface area contributed by atoms with Gasteiger partial charge in [-0.15, -0.1) is 5.10 Å². The summed E-state index contributed by atoms with van der Waals surface area (Å²) >= 11 is 7.02. The molecule has 33 heavy (non-hydrogen) atoms. The number of amides is 1. The number of aromatic amines is 2. The normalized spacial score (nSPS) is 11.0. The summed E-state index contributed by atoms with van der Waals surface area (Å²) in [7, 11) is 0. The van der Waals surface area contributed by atoms with Crippen LogP contribution in [0.25, 0.3) is 22.3 Å². The van der Waals surface area contributed by atoms with Gasteiger partial charge in [-0.3, -0.25) is 4.79 Å². The molecular formula is C23H16Br2N6O2. The highest BCUT2D eigenvalue weighted by atomic mass is 79.9. The summed E-state index contributed by atoms with van der Waals surface area (Å²) in [6.07, 6.45) is 0. The summed E-state index contributed by atoms with van der Waals surface area (Å²) in [6, 6.07) is 21.0. The quantitative estimate of drug-likeness (QED) is 0.244. The van der Waals surface area contributed by atoms with Gasteiger partial charge >= 0.3 is 0 Å². The van der Waals surface area contributed by atoms with E-state index >= 15 is 0 Å². The molecule has 0 bridgehead atoms. The number of anilines is 1. The Hall–Kier alpha value is -3.50. The Bertz CT molecular complexity index is 1430. The van der Waals surface area contributed by atoms with Crippen molar-refractivity contribution in [2.24, 2.45) is 0 Å². The molecule has 0 radical (unpaired) electrons. The van der Waals surface area contributed by atoms with Crippen LogP contribution < -0.4 is 10.1 Å². The molecule has 10 heteroatoms. The van der Waals surface area contributed by atoms with E-state index in [1.54, 1.807) is 6.07 Å². The first-order chi connectivity index (χ1) is 16.1. The van der Waals surface area contributed by atoms with Crippen molar-refractivity contribution in [2.45, 2.75) is 6.61 Å². The van der Waals surface area contributed by atoms with E-state index in [4.69, 9.17) is 4.74 Å². The molecule has 0 unspecified atom stereocenters. The number of ether oxygens (including phenoxy) is 1. The third kappa shape index (κ3) is 4.39. The molecule has 1 amide bonds. The fourth-order valence-corrected chi connectivity index (χ4v) is 4.42. The minimum Gasteiger partial charge on any atom is -0.487 e. The minimum absolute atomic E-state index is 0.317. The van der Waals surface area contributed by atoms with E-state index in [9.17, 15) is 4.79 Å². The molecule has 0 aliphatic rings. The molecule has 0 atom stereocenters. The molecule has 2 aromatic heterocycles. The van der Waals surface area contributed by atoms with Crippen LogP contribution in [0.3, 0.4) is 0 Å². The Morgan fingerprint density at radius 2 is 1.88 bits per heavy atom. The van der Waals surface area contributed by atoms with Gasteiger partial charge in [0.1, 0.15) is 18.1 Å². The predicted molar refractivity (Wildman–Crippen MR) is 132 cm³/mol. The zero-order valence-electron chi connectivity index (χ0n) is 17.0. The molecule has 0 aliphatic heterocycles. The van der Waals surface area contributed by atoms with Gasteiger partial charge in [-0.25, -0.2) is 5.10 Å². The van der Waals surface area contributed by atoms with Crippen molar-refractivity contribution < 1.29 is 9.53 Å². The van der Waals surface area contributed by atoms with Gasteiger partial charge < -0.3 is 15.0 Å². The van der Waals surface area contributed by atoms with Gasteiger partial charge in [0.05, 0.1) is 15.7 Å². The first-order valence-corrected chi connectivity index (χ1v) is 11.5. The maximum Gasteiger partial charge on any atom is 0.273 e. The number of carbonyl (C=O) groups is 1. The number of rotatable bonds is 6. The zero-order valence-corrected chi connectivity index (χ0v) is 20.1. The molecule has 0 fully saturated rings. The van der Waals surface area contributed by atoms with Crippen LogP contribution in [0.4, 0.5) is 5.69 Å². The zero-order chi connectivity index (χ0) is 22.8. The molecule has 5 rings (SSSR count). The maximum atomic E-state index is 13.2. The highest BCUT2D eigenvalue weighted by molar-refractivity contribution is 9.11. The number of para-hydroxylation sites is 1. The van der Waals surface area contributed by atoms with E-state index in [1.165, 1.54) is 0 Å². The van der Waals surface area contributed by atoms with Crippen molar-refractivity contribution in [3.8, 4) is 17.1 Å². The summed E-state index contributed by atoms with van der Waals surface area (Å²) in [5.41, 5.74) is 3.39. The predicted octanol–water partition coefficient (Wildman–Crippen LogP) is 5.70. The lowest BCUT2D eigenvalue weighted by Gasteiger charge is -2.09. The highest BCUT2D eigenvalue weighted by Gasteiger charge is 2.20. The smallest absolute Gasteiger partial charge is 0.273 e. The SMILES string of the molecule is O=C(Nc1ccc(Br)cc1-c1nnn[nH]1)c1[nH]c2c(OCc3ccccc3)cccc2c1Br. The number of tetrazole rings is 1. The Kier molecular flexibility index (Phi) is 5.93. The standard InChI is InChI=1S/C23H16Br2N6O2/c24-14-9-10-17(16(11-14)22-28-30-31-29-22)26-23(32)21-19(25)15-7-4-8-18(20(15)27-21)33-12-13-5-2-1-3-6-13/h1-11,27H,12H2,(H,26,32)(H,28,29,30,31). The number of halogens is 2. The van der Waals surface area contributed by atoms with Crippen LogP contribution in [-0.2, 0) is 6.61 Å². The summed E-state index contributed by atoms with van der Waals surface area (Å²) in [5.74, 6) is 0.787. The van der Waals surface area contributed by atoms with Crippen LogP contribution in [0.1, 0.15) is 16.1 Å². The maximum absolute atomic E-state index is 13.2. The highest BCUT2D eigenvalue weighted by Crippen LogP contribution is 2.35. The summed E-state index contributed by atoms with van der Waals surface area (Å²) in [5, 5.41) is 17.7. The molecule has 3 N–H and O–H groups in total. The van der Waals surface area contributed by atoms with Crippen molar-refractivity contribution in [2.75, 3.05) is 5.32 Å². The van der Waals surface area contributed by atoms with Gasteiger partial charge in [0, 0.05) is 15.4 Å². The first-order valence-electron chi connectivity index (χ1n) is 9.92. The average molecular weight is 568 g/mol. The van der Waals surface area contributed by atoms with Crippen molar-refractivity contribution >= 4 is 54.4 Å². The van der Waals surface area contributed by atoms with E-state index in [2.05, 4.69) is 62.8 Å². The number of fused-ring (bicyclic) bond motifs is 1. The van der Waals surface area contributed by atoms with Gasteiger partial charge in [0.25, 0.3) is 5.91 Å². The summed E-state index contributed by atoms with van der Waals surface area (Å²) in [4.78, 5) is 16.4. The van der Waals surface area contributed by atoms with Crippen molar-refractivity contribution in [1.82, 2.24) is 25.6 Å². The second-order valence-electron chi connectivity index (χ2n) is 7.16. The molecule has 164 valence electrons. The topological polar surface area (TPSA) is 109 Å². The van der Waals surface area contributed by atoms with Crippen LogP contribution in [0.5, 0.6) is 5.75 Å². The fraction of sp³-hybridized carbons (Fsp3) is 0.0435. The van der Waals surface area contributed by atoms with Crippen LogP contribution in [-0.4, -0.2) is 31.5 Å². The minimum atomic E-state index is -0.317.